The predicted molar refractivity (Wildman–Crippen MR) is 72.7 cm³/mol. The fourth-order valence-corrected chi connectivity index (χ4v) is 1.79. The lowest BCUT2D eigenvalue weighted by Crippen LogP contribution is -2.04. The maximum absolute atomic E-state index is 13.2. The van der Waals surface area contributed by atoms with Gasteiger partial charge in [-0.2, -0.15) is 0 Å². The van der Waals surface area contributed by atoms with Crippen molar-refractivity contribution in [2.45, 2.75) is 13.0 Å². The van der Waals surface area contributed by atoms with Crippen LogP contribution in [0.5, 0.6) is 5.75 Å². The van der Waals surface area contributed by atoms with Gasteiger partial charge in [0.1, 0.15) is 18.2 Å². The van der Waals surface area contributed by atoms with Gasteiger partial charge >= 0.3 is 0 Å². The van der Waals surface area contributed by atoms with Gasteiger partial charge in [0.05, 0.1) is 11.2 Å². The van der Waals surface area contributed by atoms with Gasteiger partial charge in [0, 0.05) is 17.7 Å². The number of aromatic nitrogens is 1. The van der Waals surface area contributed by atoms with Gasteiger partial charge in [0.2, 0.25) is 0 Å². The third-order valence-corrected chi connectivity index (χ3v) is 3.05. The molecule has 1 heterocycles. The average molecular weight is 281 g/mol. The van der Waals surface area contributed by atoms with Crippen molar-refractivity contribution in [3.8, 4) is 5.75 Å². The SMILES string of the molecule is NCCc1ccc(OCc2cccc(F)c2Cl)cn1. The molecule has 0 saturated carbocycles. The molecule has 0 aliphatic rings. The highest BCUT2D eigenvalue weighted by molar-refractivity contribution is 6.31. The van der Waals surface area contributed by atoms with Crippen LogP contribution >= 0.6 is 11.6 Å². The maximum atomic E-state index is 13.2. The number of rotatable bonds is 5. The molecule has 0 bridgehead atoms. The molecule has 0 fully saturated rings. The molecule has 0 spiro atoms. The van der Waals surface area contributed by atoms with E-state index in [0.717, 1.165) is 12.1 Å². The smallest absolute Gasteiger partial charge is 0.142 e. The van der Waals surface area contributed by atoms with Gasteiger partial charge < -0.3 is 10.5 Å². The summed E-state index contributed by atoms with van der Waals surface area (Å²) in [6.45, 7) is 0.764. The van der Waals surface area contributed by atoms with E-state index in [1.807, 2.05) is 12.1 Å². The number of halogens is 2. The molecule has 2 rings (SSSR count). The summed E-state index contributed by atoms with van der Waals surface area (Å²) in [5.41, 5.74) is 6.96. The second kappa shape index (κ2) is 6.50. The first-order chi connectivity index (χ1) is 9.20. The highest BCUT2D eigenvalue weighted by Crippen LogP contribution is 2.21. The molecule has 19 heavy (non-hydrogen) atoms. The van der Waals surface area contributed by atoms with Gasteiger partial charge in [0.15, 0.2) is 0 Å². The van der Waals surface area contributed by atoms with E-state index >= 15 is 0 Å². The van der Waals surface area contributed by atoms with Gasteiger partial charge in [-0.15, -0.1) is 0 Å². The molecular weight excluding hydrogens is 267 g/mol. The number of hydrogen-bond donors (Lipinski definition) is 1. The Morgan fingerprint density at radius 3 is 2.79 bits per heavy atom. The van der Waals surface area contributed by atoms with Crippen LogP contribution in [-0.2, 0) is 13.0 Å². The molecule has 5 heteroatoms. The minimum atomic E-state index is -0.445. The lowest BCUT2D eigenvalue weighted by atomic mass is 10.2. The molecule has 100 valence electrons. The standard InChI is InChI=1S/C14H14ClFN2O/c15-14-10(2-1-3-13(14)16)9-19-12-5-4-11(6-7-17)18-8-12/h1-5,8H,6-7,9,17H2. The summed E-state index contributed by atoms with van der Waals surface area (Å²) in [4.78, 5) is 4.21. The molecule has 0 amide bonds. The quantitative estimate of drug-likeness (QED) is 0.916. The van der Waals surface area contributed by atoms with Gasteiger partial charge in [-0.05, 0) is 24.7 Å². The van der Waals surface area contributed by atoms with Gasteiger partial charge in [-0.3, -0.25) is 4.98 Å². The molecule has 3 nitrogen and oxygen atoms in total. The van der Waals surface area contributed by atoms with Crippen molar-refractivity contribution in [3.63, 3.8) is 0 Å². The molecule has 0 aliphatic carbocycles. The third kappa shape index (κ3) is 3.66. The fourth-order valence-electron chi connectivity index (χ4n) is 1.61. The number of hydrogen-bond acceptors (Lipinski definition) is 3. The van der Waals surface area contributed by atoms with E-state index in [1.165, 1.54) is 6.07 Å². The van der Waals surface area contributed by atoms with Crippen molar-refractivity contribution >= 4 is 11.6 Å². The number of benzene rings is 1. The molecule has 0 atom stereocenters. The summed E-state index contributed by atoms with van der Waals surface area (Å²) in [6.07, 6.45) is 2.36. The van der Waals surface area contributed by atoms with E-state index in [2.05, 4.69) is 4.98 Å². The van der Waals surface area contributed by atoms with E-state index in [-0.39, 0.29) is 11.6 Å². The Bertz CT molecular complexity index is 546. The van der Waals surface area contributed by atoms with Crippen LogP contribution in [0, 0.1) is 5.82 Å². The zero-order valence-corrected chi connectivity index (χ0v) is 11.0. The van der Waals surface area contributed by atoms with Crippen LogP contribution in [0.4, 0.5) is 4.39 Å². The van der Waals surface area contributed by atoms with Crippen LogP contribution < -0.4 is 10.5 Å². The first-order valence-electron chi connectivity index (χ1n) is 5.91. The Morgan fingerprint density at radius 1 is 1.26 bits per heavy atom. The van der Waals surface area contributed by atoms with Gasteiger partial charge in [-0.1, -0.05) is 23.7 Å². The number of ether oxygens (including phenoxy) is 1. The van der Waals surface area contributed by atoms with E-state index < -0.39 is 5.82 Å². The van der Waals surface area contributed by atoms with Crippen LogP contribution in [0.1, 0.15) is 11.3 Å². The summed E-state index contributed by atoms with van der Waals surface area (Å²) in [5.74, 6) is 0.167. The monoisotopic (exact) mass is 280 g/mol. The summed E-state index contributed by atoms with van der Waals surface area (Å²) >= 11 is 5.84. The van der Waals surface area contributed by atoms with Crippen molar-refractivity contribution < 1.29 is 9.13 Å². The number of nitrogens with two attached hydrogens (primary N) is 1. The first-order valence-corrected chi connectivity index (χ1v) is 6.29. The van der Waals surface area contributed by atoms with Crippen LogP contribution in [0.15, 0.2) is 36.5 Å². The molecule has 0 aliphatic heterocycles. The third-order valence-electron chi connectivity index (χ3n) is 2.62. The van der Waals surface area contributed by atoms with Crippen molar-refractivity contribution in [1.29, 1.82) is 0 Å². The van der Waals surface area contributed by atoms with Gasteiger partial charge in [-0.25, -0.2) is 4.39 Å². The van der Waals surface area contributed by atoms with E-state index in [4.69, 9.17) is 22.1 Å². The molecule has 0 unspecified atom stereocenters. The van der Waals surface area contributed by atoms with Crippen LogP contribution in [0.2, 0.25) is 5.02 Å². The Hall–Kier alpha value is -1.65. The molecule has 2 N–H and O–H groups in total. The Balaban J connectivity index is 2.00. The average Bonchev–Trinajstić information content (AvgIpc) is 2.42. The minimum absolute atomic E-state index is 0.0928. The van der Waals surface area contributed by atoms with Crippen molar-refractivity contribution in [1.82, 2.24) is 4.98 Å². The topological polar surface area (TPSA) is 48.1 Å². The summed E-state index contributed by atoms with van der Waals surface area (Å²) in [6, 6.07) is 8.31. The molecule has 2 aromatic rings. The summed E-state index contributed by atoms with van der Waals surface area (Å²) in [5, 5.41) is 0.0928. The largest absolute Gasteiger partial charge is 0.487 e. The van der Waals surface area contributed by atoms with E-state index in [0.29, 0.717) is 17.9 Å². The Kier molecular flexibility index (Phi) is 4.71. The highest BCUT2D eigenvalue weighted by Gasteiger charge is 2.06. The van der Waals surface area contributed by atoms with Crippen molar-refractivity contribution in [3.05, 3.63) is 58.6 Å². The second-order valence-electron chi connectivity index (χ2n) is 4.03. The number of nitrogens with zero attached hydrogens (tertiary/aromatic N) is 1. The van der Waals surface area contributed by atoms with Crippen LogP contribution in [0.3, 0.4) is 0 Å². The first kappa shape index (κ1) is 13.8. The fraction of sp³-hybridized carbons (Fsp3) is 0.214. The maximum Gasteiger partial charge on any atom is 0.142 e. The summed E-state index contributed by atoms with van der Waals surface area (Å²) < 4.78 is 18.7. The molecule has 0 saturated heterocycles. The Morgan fingerprint density at radius 2 is 2.11 bits per heavy atom. The van der Waals surface area contributed by atoms with E-state index in [1.54, 1.807) is 18.3 Å². The van der Waals surface area contributed by atoms with E-state index in [9.17, 15) is 4.39 Å². The van der Waals surface area contributed by atoms with Gasteiger partial charge in [0.25, 0.3) is 0 Å². The van der Waals surface area contributed by atoms with Crippen LogP contribution in [-0.4, -0.2) is 11.5 Å². The lowest BCUT2D eigenvalue weighted by molar-refractivity contribution is 0.304. The summed E-state index contributed by atoms with van der Waals surface area (Å²) in [7, 11) is 0. The van der Waals surface area contributed by atoms with Crippen LogP contribution in [0.25, 0.3) is 0 Å². The minimum Gasteiger partial charge on any atom is -0.487 e. The lowest BCUT2D eigenvalue weighted by Gasteiger charge is -2.08. The number of pyridine rings is 1. The zero-order valence-electron chi connectivity index (χ0n) is 10.3. The van der Waals surface area contributed by atoms with Crippen molar-refractivity contribution in [2.75, 3.05) is 6.54 Å². The molecule has 1 aromatic heterocycles. The molecule has 0 radical (unpaired) electrons. The Labute approximate surface area is 116 Å². The zero-order chi connectivity index (χ0) is 13.7. The second-order valence-corrected chi connectivity index (χ2v) is 4.40. The highest BCUT2D eigenvalue weighted by atomic mass is 35.5. The molecular formula is C14H14ClFN2O. The molecule has 1 aromatic carbocycles. The van der Waals surface area contributed by atoms with Crippen molar-refractivity contribution in [2.24, 2.45) is 5.73 Å². The normalized spacial score (nSPS) is 10.5. The predicted octanol–water partition coefficient (Wildman–Crippen LogP) is 2.95.